The number of pyridine rings is 2. The van der Waals surface area contributed by atoms with E-state index in [1.807, 2.05) is 53.7 Å². The summed E-state index contributed by atoms with van der Waals surface area (Å²) < 4.78 is 1.70. The zero-order valence-electron chi connectivity index (χ0n) is 19.1. The van der Waals surface area contributed by atoms with E-state index in [1.165, 1.54) is 0 Å². The standard InChI is InChI=1S/C27H20N8O/c36-27(20-14-33-35-15-19(6-7-23(20)35)26-28-9-3-10-29-26)34-11-8-21-24(32-16-31-21)25(34)22-12-17-4-1-2-5-18(17)13-30-22/h1-7,9-10,12-16,25H,8,11H2,(H,31,32)/t25-/m1/s1. The van der Waals surface area contributed by atoms with Crippen LogP contribution in [0.25, 0.3) is 27.7 Å². The minimum Gasteiger partial charge on any atom is -0.348 e. The first-order chi connectivity index (χ1) is 17.8. The number of hydrogen-bond donors (Lipinski definition) is 1. The third kappa shape index (κ3) is 3.24. The zero-order chi connectivity index (χ0) is 24.1. The molecular weight excluding hydrogens is 452 g/mol. The molecule has 5 aromatic heterocycles. The van der Waals surface area contributed by atoms with Gasteiger partial charge >= 0.3 is 0 Å². The first-order valence-electron chi connectivity index (χ1n) is 11.7. The molecule has 0 saturated heterocycles. The molecule has 36 heavy (non-hydrogen) atoms. The molecular formula is C27H20N8O. The minimum atomic E-state index is -0.399. The lowest BCUT2D eigenvalue weighted by Crippen LogP contribution is -2.41. The van der Waals surface area contributed by atoms with Gasteiger partial charge in [-0.05, 0) is 29.7 Å². The lowest BCUT2D eigenvalue weighted by Gasteiger charge is -2.34. The Kier molecular flexibility index (Phi) is 4.60. The van der Waals surface area contributed by atoms with E-state index < -0.39 is 6.04 Å². The molecule has 1 aliphatic heterocycles. The van der Waals surface area contributed by atoms with Crippen LogP contribution in [0.4, 0.5) is 0 Å². The van der Waals surface area contributed by atoms with Gasteiger partial charge in [0.2, 0.25) is 0 Å². The van der Waals surface area contributed by atoms with Crippen LogP contribution in [-0.2, 0) is 6.42 Å². The van der Waals surface area contributed by atoms with Crippen LogP contribution in [0, 0.1) is 0 Å². The molecule has 9 nitrogen and oxygen atoms in total. The number of rotatable bonds is 3. The summed E-state index contributed by atoms with van der Waals surface area (Å²) in [6.45, 7) is 0.542. The fourth-order valence-electron chi connectivity index (χ4n) is 4.93. The van der Waals surface area contributed by atoms with Crippen molar-refractivity contribution >= 4 is 22.2 Å². The van der Waals surface area contributed by atoms with Gasteiger partial charge in [-0.15, -0.1) is 0 Å². The lowest BCUT2D eigenvalue weighted by atomic mass is 9.97. The van der Waals surface area contributed by atoms with E-state index in [2.05, 4.69) is 31.1 Å². The molecule has 0 fully saturated rings. The van der Waals surface area contributed by atoms with E-state index in [1.54, 1.807) is 35.5 Å². The summed E-state index contributed by atoms with van der Waals surface area (Å²) in [4.78, 5) is 37.0. The summed E-state index contributed by atoms with van der Waals surface area (Å²) in [6, 6.07) is 15.3. The highest BCUT2D eigenvalue weighted by Crippen LogP contribution is 2.35. The molecule has 0 spiro atoms. The number of nitrogens with one attached hydrogen (secondary N) is 1. The van der Waals surface area contributed by atoms with Crippen molar-refractivity contribution in [3.63, 3.8) is 0 Å². The Bertz CT molecular complexity index is 1740. The van der Waals surface area contributed by atoms with E-state index in [0.717, 1.165) is 38.9 Å². The number of H-pyrrole nitrogens is 1. The Balaban J connectivity index is 1.30. The zero-order valence-corrected chi connectivity index (χ0v) is 19.1. The highest BCUT2D eigenvalue weighted by atomic mass is 16.2. The summed E-state index contributed by atoms with van der Waals surface area (Å²) in [5.41, 5.74) is 4.72. The average Bonchev–Trinajstić information content (AvgIpc) is 3.59. The molecule has 1 N–H and O–H groups in total. The van der Waals surface area contributed by atoms with Gasteiger partial charge < -0.3 is 9.88 Å². The van der Waals surface area contributed by atoms with E-state index in [0.29, 0.717) is 24.4 Å². The van der Waals surface area contributed by atoms with Gasteiger partial charge in [0, 0.05) is 54.4 Å². The Morgan fingerprint density at radius 1 is 0.944 bits per heavy atom. The van der Waals surface area contributed by atoms with Crippen LogP contribution in [-0.4, -0.2) is 51.9 Å². The summed E-state index contributed by atoms with van der Waals surface area (Å²) in [7, 11) is 0. The van der Waals surface area contributed by atoms with E-state index >= 15 is 0 Å². The van der Waals surface area contributed by atoms with E-state index in [-0.39, 0.29) is 5.91 Å². The largest absolute Gasteiger partial charge is 0.348 e. The maximum Gasteiger partial charge on any atom is 0.258 e. The van der Waals surface area contributed by atoms with Crippen LogP contribution in [0.1, 0.15) is 33.5 Å². The number of amides is 1. The van der Waals surface area contributed by atoms with Gasteiger partial charge in [0.05, 0.1) is 35.0 Å². The molecule has 0 radical (unpaired) electrons. The van der Waals surface area contributed by atoms with Gasteiger partial charge in [0.15, 0.2) is 5.82 Å². The van der Waals surface area contributed by atoms with Gasteiger partial charge in [-0.25, -0.2) is 19.5 Å². The van der Waals surface area contributed by atoms with Gasteiger partial charge in [0.1, 0.15) is 6.04 Å². The van der Waals surface area contributed by atoms with Crippen molar-refractivity contribution in [1.82, 2.24) is 39.4 Å². The third-order valence-corrected chi connectivity index (χ3v) is 6.69. The second kappa shape index (κ2) is 8.09. The van der Waals surface area contributed by atoms with Crippen LogP contribution in [0.2, 0.25) is 0 Å². The number of aromatic amines is 1. The van der Waals surface area contributed by atoms with Gasteiger partial charge in [-0.3, -0.25) is 9.78 Å². The number of carbonyl (C=O) groups is 1. The normalized spacial score (nSPS) is 15.3. The van der Waals surface area contributed by atoms with Crippen molar-refractivity contribution in [3.8, 4) is 11.4 Å². The SMILES string of the molecule is O=C(c1cnn2cc(-c3ncccn3)ccc12)N1CCc2[nH]cnc2[C@H]1c1cc2ccccc2cn1. The molecule has 1 aliphatic rings. The van der Waals surface area contributed by atoms with Crippen LogP contribution < -0.4 is 0 Å². The molecule has 1 aromatic carbocycles. The van der Waals surface area contributed by atoms with Crippen molar-refractivity contribution in [2.45, 2.75) is 12.5 Å². The molecule has 174 valence electrons. The Morgan fingerprint density at radius 3 is 2.69 bits per heavy atom. The van der Waals surface area contributed by atoms with Crippen LogP contribution >= 0.6 is 0 Å². The molecule has 6 aromatic rings. The highest BCUT2D eigenvalue weighted by Gasteiger charge is 2.36. The fraction of sp³-hybridized carbons (Fsp3) is 0.111. The second-order valence-corrected chi connectivity index (χ2v) is 8.75. The van der Waals surface area contributed by atoms with Crippen LogP contribution in [0.15, 0.2) is 85.8 Å². The molecule has 0 aliphatic carbocycles. The van der Waals surface area contributed by atoms with Crippen molar-refractivity contribution in [1.29, 1.82) is 0 Å². The van der Waals surface area contributed by atoms with Gasteiger partial charge in [-0.1, -0.05) is 24.3 Å². The number of carbonyl (C=O) groups excluding carboxylic acids is 1. The summed E-state index contributed by atoms with van der Waals surface area (Å²) in [6.07, 6.45) is 11.1. The second-order valence-electron chi connectivity index (χ2n) is 8.75. The number of imidazole rings is 1. The summed E-state index contributed by atoms with van der Waals surface area (Å²) >= 11 is 0. The number of hydrogen-bond acceptors (Lipinski definition) is 6. The monoisotopic (exact) mass is 472 g/mol. The number of fused-ring (bicyclic) bond motifs is 3. The van der Waals surface area contributed by atoms with Crippen molar-refractivity contribution in [3.05, 3.63) is 108 Å². The molecule has 7 rings (SSSR count). The predicted molar refractivity (Wildman–Crippen MR) is 133 cm³/mol. The van der Waals surface area contributed by atoms with E-state index in [9.17, 15) is 4.79 Å². The third-order valence-electron chi connectivity index (χ3n) is 6.69. The molecule has 0 bridgehead atoms. The molecule has 9 heteroatoms. The maximum atomic E-state index is 14.0. The molecule has 1 amide bonds. The van der Waals surface area contributed by atoms with Crippen molar-refractivity contribution < 1.29 is 4.79 Å². The quantitative estimate of drug-likeness (QED) is 0.420. The van der Waals surface area contributed by atoms with Crippen molar-refractivity contribution in [2.24, 2.45) is 0 Å². The average molecular weight is 473 g/mol. The Labute approximate surface area is 205 Å². The smallest absolute Gasteiger partial charge is 0.258 e. The molecule has 6 heterocycles. The lowest BCUT2D eigenvalue weighted by molar-refractivity contribution is 0.0689. The molecule has 0 unspecified atom stereocenters. The summed E-state index contributed by atoms with van der Waals surface area (Å²) in [5.74, 6) is 0.495. The van der Waals surface area contributed by atoms with Crippen molar-refractivity contribution in [2.75, 3.05) is 6.54 Å². The number of benzene rings is 1. The topological polar surface area (TPSA) is 105 Å². The predicted octanol–water partition coefficient (Wildman–Crippen LogP) is 3.85. The highest BCUT2D eigenvalue weighted by molar-refractivity contribution is 6.01. The van der Waals surface area contributed by atoms with Gasteiger partial charge in [-0.2, -0.15) is 5.10 Å². The molecule has 1 atom stereocenters. The Hall–Kier alpha value is -4.92. The van der Waals surface area contributed by atoms with E-state index in [4.69, 9.17) is 4.98 Å². The van der Waals surface area contributed by atoms with Crippen LogP contribution in [0.5, 0.6) is 0 Å². The first-order valence-corrected chi connectivity index (χ1v) is 11.7. The minimum absolute atomic E-state index is 0.109. The fourth-order valence-corrected chi connectivity index (χ4v) is 4.93. The summed E-state index contributed by atoms with van der Waals surface area (Å²) in [5, 5.41) is 6.60. The number of aromatic nitrogens is 7. The Morgan fingerprint density at radius 2 is 1.81 bits per heavy atom. The maximum absolute atomic E-state index is 14.0. The molecule has 0 saturated carbocycles. The van der Waals surface area contributed by atoms with Gasteiger partial charge in [0.25, 0.3) is 5.91 Å². The van der Waals surface area contributed by atoms with Crippen LogP contribution in [0.3, 0.4) is 0 Å². The first kappa shape index (κ1) is 20.5. The number of nitrogens with zero attached hydrogens (tertiary/aromatic N) is 7.